The lowest BCUT2D eigenvalue weighted by Gasteiger charge is -2.12. The molecule has 1 atom stereocenters. The number of nitrogens with zero attached hydrogens (tertiary/aromatic N) is 1. The van der Waals surface area contributed by atoms with E-state index in [2.05, 4.69) is 4.90 Å². The Bertz CT molecular complexity index is 99.6. The Labute approximate surface area is 61.0 Å². The first-order valence-electron chi connectivity index (χ1n) is 3.68. The van der Waals surface area contributed by atoms with E-state index in [9.17, 15) is 4.39 Å². The van der Waals surface area contributed by atoms with Gasteiger partial charge in [-0.15, -0.1) is 0 Å². The molecule has 1 fully saturated rings. The second kappa shape index (κ2) is 3.88. The van der Waals surface area contributed by atoms with Crippen LogP contribution in [0.4, 0.5) is 4.39 Å². The lowest BCUT2D eigenvalue weighted by molar-refractivity contribution is 0.107. The Kier molecular flexibility index (Phi) is 3.09. The largest absolute Gasteiger partial charge is 0.380 e. The van der Waals surface area contributed by atoms with Gasteiger partial charge in [0.15, 0.2) is 0 Å². The van der Waals surface area contributed by atoms with Crippen molar-refractivity contribution in [2.24, 2.45) is 0 Å². The molecule has 0 saturated carbocycles. The quantitative estimate of drug-likeness (QED) is 0.582. The number of ether oxygens (including phenoxy) is 1. The van der Waals surface area contributed by atoms with Crippen LogP contribution >= 0.6 is 0 Å². The third kappa shape index (κ3) is 1.92. The monoisotopic (exact) mass is 147 g/mol. The molecule has 0 N–H and O–H groups in total. The highest BCUT2D eigenvalue weighted by Gasteiger charge is 2.20. The van der Waals surface area contributed by atoms with Crippen molar-refractivity contribution in [3.63, 3.8) is 0 Å². The average molecular weight is 147 g/mol. The second-order valence-corrected chi connectivity index (χ2v) is 2.64. The van der Waals surface area contributed by atoms with Crippen LogP contribution in [0.25, 0.3) is 0 Å². The van der Waals surface area contributed by atoms with Crippen LogP contribution in [-0.2, 0) is 4.74 Å². The molecule has 0 amide bonds. The van der Waals surface area contributed by atoms with E-state index < -0.39 is 0 Å². The first-order valence-corrected chi connectivity index (χ1v) is 3.68. The molecule has 0 unspecified atom stereocenters. The first-order chi connectivity index (χ1) is 4.86. The van der Waals surface area contributed by atoms with Crippen LogP contribution in [0.2, 0.25) is 0 Å². The summed E-state index contributed by atoms with van der Waals surface area (Å²) in [5, 5.41) is 0. The normalized spacial score (nSPS) is 27.6. The Morgan fingerprint density at radius 2 is 2.50 bits per heavy atom. The molecular weight excluding hydrogens is 133 g/mol. The van der Waals surface area contributed by atoms with Crippen molar-refractivity contribution in [1.82, 2.24) is 4.90 Å². The van der Waals surface area contributed by atoms with E-state index in [1.165, 1.54) is 0 Å². The minimum Gasteiger partial charge on any atom is -0.380 e. The summed E-state index contributed by atoms with van der Waals surface area (Å²) in [6, 6.07) is 0. The summed E-state index contributed by atoms with van der Waals surface area (Å²) in [4.78, 5) is 2.09. The third-order valence-electron chi connectivity index (χ3n) is 1.96. The predicted molar refractivity (Wildman–Crippen MR) is 37.8 cm³/mol. The van der Waals surface area contributed by atoms with Gasteiger partial charge in [-0.2, -0.15) is 0 Å². The SMILES string of the molecule is CO[C@@H]1CCN(CCF)C1. The van der Waals surface area contributed by atoms with Crippen LogP contribution in [0.1, 0.15) is 6.42 Å². The van der Waals surface area contributed by atoms with Crippen LogP contribution in [0.15, 0.2) is 0 Å². The van der Waals surface area contributed by atoms with Crippen LogP contribution < -0.4 is 0 Å². The van der Waals surface area contributed by atoms with Gasteiger partial charge in [-0.25, -0.2) is 4.39 Å². The summed E-state index contributed by atoms with van der Waals surface area (Å²) in [5.41, 5.74) is 0. The zero-order valence-corrected chi connectivity index (χ0v) is 6.35. The molecule has 60 valence electrons. The van der Waals surface area contributed by atoms with Gasteiger partial charge in [0.2, 0.25) is 0 Å². The highest BCUT2D eigenvalue weighted by molar-refractivity contribution is 4.74. The van der Waals surface area contributed by atoms with Crippen molar-refractivity contribution >= 4 is 0 Å². The van der Waals surface area contributed by atoms with Gasteiger partial charge >= 0.3 is 0 Å². The zero-order chi connectivity index (χ0) is 7.40. The Morgan fingerprint density at radius 1 is 1.70 bits per heavy atom. The van der Waals surface area contributed by atoms with Gasteiger partial charge in [-0.1, -0.05) is 0 Å². The lowest BCUT2D eigenvalue weighted by atomic mass is 10.3. The molecule has 0 radical (unpaired) electrons. The van der Waals surface area contributed by atoms with Crippen molar-refractivity contribution in [3.8, 4) is 0 Å². The van der Waals surface area contributed by atoms with E-state index in [4.69, 9.17) is 4.74 Å². The molecule has 3 heteroatoms. The summed E-state index contributed by atoms with van der Waals surface area (Å²) < 4.78 is 16.9. The van der Waals surface area contributed by atoms with Crippen molar-refractivity contribution in [1.29, 1.82) is 0 Å². The van der Waals surface area contributed by atoms with E-state index in [1.807, 2.05) is 0 Å². The Morgan fingerprint density at radius 3 is 3.00 bits per heavy atom. The van der Waals surface area contributed by atoms with E-state index in [0.29, 0.717) is 12.6 Å². The first kappa shape index (κ1) is 7.95. The van der Waals surface area contributed by atoms with Gasteiger partial charge in [0, 0.05) is 26.7 Å². The maximum absolute atomic E-state index is 11.8. The molecule has 0 aliphatic carbocycles. The summed E-state index contributed by atoms with van der Waals surface area (Å²) >= 11 is 0. The van der Waals surface area contributed by atoms with Gasteiger partial charge in [-0.05, 0) is 6.42 Å². The van der Waals surface area contributed by atoms with Crippen molar-refractivity contribution < 1.29 is 9.13 Å². The minimum absolute atomic E-state index is 0.240. The zero-order valence-electron chi connectivity index (χ0n) is 6.35. The lowest BCUT2D eigenvalue weighted by Crippen LogP contribution is -2.24. The molecule has 10 heavy (non-hydrogen) atoms. The van der Waals surface area contributed by atoms with Gasteiger partial charge in [-0.3, -0.25) is 4.90 Å². The van der Waals surface area contributed by atoms with Crippen LogP contribution in [0.3, 0.4) is 0 Å². The second-order valence-electron chi connectivity index (χ2n) is 2.64. The highest BCUT2D eigenvalue weighted by Crippen LogP contribution is 2.10. The summed E-state index contributed by atoms with van der Waals surface area (Å²) in [5.74, 6) is 0. The molecule has 1 saturated heterocycles. The van der Waals surface area contributed by atoms with E-state index in [0.717, 1.165) is 19.5 Å². The molecule has 0 spiro atoms. The Balaban J connectivity index is 2.15. The Hall–Kier alpha value is -0.150. The van der Waals surface area contributed by atoms with Crippen LogP contribution in [-0.4, -0.2) is 44.4 Å². The number of hydrogen-bond donors (Lipinski definition) is 0. The van der Waals surface area contributed by atoms with Crippen molar-refractivity contribution in [2.45, 2.75) is 12.5 Å². The number of halogens is 1. The topological polar surface area (TPSA) is 12.5 Å². The molecule has 0 aromatic rings. The maximum Gasteiger partial charge on any atom is 0.102 e. The van der Waals surface area contributed by atoms with E-state index >= 15 is 0 Å². The summed E-state index contributed by atoms with van der Waals surface area (Å²) in [7, 11) is 1.71. The highest BCUT2D eigenvalue weighted by atomic mass is 19.1. The molecule has 1 heterocycles. The summed E-state index contributed by atoms with van der Waals surface area (Å²) in [6.45, 7) is 2.22. The molecule has 2 nitrogen and oxygen atoms in total. The molecule has 0 aromatic heterocycles. The maximum atomic E-state index is 11.8. The fourth-order valence-electron chi connectivity index (χ4n) is 1.31. The van der Waals surface area contributed by atoms with Gasteiger partial charge in [0.1, 0.15) is 6.67 Å². The molecule has 1 aliphatic rings. The molecule has 1 rings (SSSR count). The van der Waals surface area contributed by atoms with Crippen molar-refractivity contribution in [2.75, 3.05) is 33.4 Å². The minimum atomic E-state index is -0.240. The fourth-order valence-corrected chi connectivity index (χ4v) is 1.31. The molecular formula is C7H14FNO. The average Bonchev–Trinajstić information content (AvgIpc) is 2.37. The third-order valence-corrected chi connectivity index (χ3v) is 1.96. The number of rotatable bonds is 3. The van der Waals surface area contributed by atoms with Gasteiger partial charge < -0.3 is 4.74 Å². The van der Waals surface area contributed by atoms with E-state index in [-0.39, 0.29) is 6.67 Å². The number of alkyl halides is 1. The standard InChI is InChI=1S/C7H14FNO/c1-10-7-2-4-9(6-7)5-3-8/h7H,2-6H2,1H3/t7-/m1/s1. The smallest absolute Gasteiger partial charge is 0.102 e. The van der Waals surface area contributed by atoms with Crippen LogP contribution in [0, 0.1) is 0 Å². The van der Waals surface area contributed by atoms with Crippen LogP contribution in [0.5, 0.6) is 0 Å². The predicted octanol–water partition coefficient (Wildman–Crippen LogP) is 0.677. The molecule has 0 aromatic carbocycles. The number of hydrogen-bond acceptors (Lipinski definition) is 2. The number of methoxy groups -OCH3 is 1. The van der Waals surface area contributed by atoms with E-state index in [1.54, 1.807) is 7.11 Å². The van der Waals surface area contributed by atoms with Crippen molar-refractivity contribution in [3.05, 3.63) is 0 Å². The number of likely N-dealkylation sites (tertiary alicyclic amines) is 1. The van der Waals surface area contributed by atoms with Gasteiger partial charge in [0.05, 0.1) is 6.10 Å². The summed E-state index contributed by atoms with van der Waals surface area (Å²) in [6.07, 6.45) is 1.39. The fraction of sp³-hybridized carbons (Fsp3) is 1.00. The molecule has 0 bridgehead atoms. The molecule has 1 aliphatic heterocycles. The van der Waals surface area contributed by atoms with Gasteiger partial charge in [0.25, 0.3) is 0 Å².